The highest BCUT2D eigenvalue weighted by Gasteiger charge is 2.31. The molecule has 0 spiro atoms. The normalized spacial score (nSPS) is 20.6. The molecule has 0 bridgehead atoms. The Balaban J connectivity index is 2.35. The van der Waals surface area contributed by atoms with E-state index in [0.29, 0.717) is 23.9 Å². The van der Waals surface area contributed by atoms with Crippen molar-refractivity contribution in [3.8, 4) is 0 Å². The number of carbonyl (C=O) groups is 1. The van der Waals surface area contributed by atoms with Crippen LogP contribution in [0, 0.1) is 12.8 Å². The van der Waals surface area contributed by atoms with Gasteiger partial charge in [-0.15, -0.1) is 11.6 Å². The number of benzene rings is 1. The van der Waals surface area contributed by atoms with Crippen LogP contribution in [0.15, 0.2) is 18.2 Å². The van der Waals surface area contributed by atoms with Crippen LogP contribution in [0.5, 0.6) is 0 Å². The molecule has 1 heterocycles. The number of carbonyl (C=O) groups excluding carboxylic acids is 1. The molecule has 1 saturated heterocycles. The number of alkyl halides is 1. The number of nitrogens with zero attached hydrogens (tertiary/aromatic N) is 1. The summed E-state index contributed by atoms with van der Waals surface area (Å²) >= 11 is 11.9. The van der Waals surface area contributed by atoms with Crippen molar-refractivity contribution in [2.45, 2.75) is 13.3 Å². The average molecular weight is 258 g/mol. The Morgan fingerprint density at radius 3 is 2.81 bits per heavy atom. The smallest absolute Gasteiger partial charge is 0.227 e. The van der Waals surface area contributed by atoms with E-state index in [-0.39, 0.29) is 11.8 Å². The second-order valence-electron chi connectivity index (χ2n) is 4.13. The van der Waals surface area contributed by atoms with Gasteiger partial charge in [-0.3, -0.25) is 4.79 Å². The Bertz CT molecular complexity index is 399. The van der Waals surface area contributed by atoms with Gasteiger partial charge >= 0.3 is 0 Å². The maximum absolute atomic E-state index is 11.9. The molecule has 1 aliphatic heterocycles. The highest BCUT2D eigenvalue weighted by atomic mass is 35.5. The zero-order valence-electron chi connectivity index (χ0n) is 9.04. The van der Waals surface area contributed by atoms with Gasteiger partial charge in [-0.25, -0.2) is 0 Å². The predicted octanol–water partition coefficient (Wildman–Crippen LogP) is 3.24. The van der Waals surface area contributed by atoms with Gasteiger partial charge in [0.2, 0.25) is 5.91 Å². The molecule has 86 valence electrons. The van der Waals surface area contributed by atoms with Gasteiger partial charge < -0.3 is 4.90 Å². The summed E-state index contributed by atoms with van der Waals surface area (Å²) in [5.41, 5.74) is 1.86. The minimum Gasteiger partial charge on any atom is -0.310 e. The lowest BCUT2D eigenvalue weighted by molar-refractivity contribution is -0.117. The van der Waals surface area contributed by atoms with Gasteiger partial charge in [0.15, 0.2) is 0 Å². The Hall–Kier alpha value is -0.730. The van der Waals surface area contributed by atoms with E-state index in [1.165, 1.54) is 0 Å². The first-order valence-electron chi connectivity index (χ1n) is 5.25. The van der Waals surface area contributed by atoms with Gasteiger partial charge in [-0.05, 0) is 24.5 Å². The maximum atomic E-state index is 11.9. The molecular weight excluding hydrogens is 245 g/mol. The van der Waals surface area contributed by atoms with Crippen molar-refractivity contribution in [2.75, 3.05) is 17.3 Å². The van der Waals surface area contributed by atoms with Crippen LogP contribution in [-0.4, -0.2) is 18.3 Å². The molecule has 2 rings (SSSR count). The first-order chi connectivity index (χ1) is 7.63. The first-order valence-corrected chi connectivity index (χ1v) is 6.16. The summed E-state index contributed by atoms with van der Waals surface area (Å²) in [6.45, 7) is 2.63. The van der Waals surface area contributed by atoms with E-state index < -0.39 is 0 Å². The summed E-state index contributed by atoms with van der Waals surface area (Å²) < 4.78 is 0. The molecule has 0 saturated carbocycles. The number of hydrogen-bond acceptors (Lipinski definition) is 1. The van der Waals surface area contributed by atoms with Gasteiger partial charge in [0.25, 0.3) is 0 Å². The molecule has 4 heteroatoms. The molecule has 16 heavy (non-hydrogen) atoms. The van der Waals surface area contributed by atoms with Crippen molar-refractivity contribution < 1.29 is 4.79 Å². The van der Waals surface area contributed by atoms with Crippen LogP contribution in [0.25, 0.3) is 0 Å². The standard InChI is InChI=1S/C12H13Cl2NO/c1-8-3-2-4-10(14)12(8)15-7-9(6-13)5-11(15)16/h2-4,9H,5-7H2,1H3. The SMILES string of the molecule is Cc1cccc(Cl)c1N1CC(CCl)CC1=O. The lowest BCUT2D eigenvalue weighted by Gasteiger charge is -2.20. The second-order valence-corrected chi connectivity index (χ2v) is 4.85. The molecule has 1 aromatic rings. The van der Waals surface area contributed by atoms with Gasteiger partial charge in [0, 0.05) is 18.8 Å². The van der Waals surface area contributed by atoms with Crippen LogP contribution < -0.4 is 4.90 Å². The van der Waals surface area contributed by atoms with Crippen LogP contribution in [0.2, 0.25) is 5.02 Å². The third-order valence-electron chi connectivity index (χ3n) is 2.88. The number of halogens is 2. The number of aryl methyl sites for hydroxylation is 1. The van der Waals surface area contributed by atoms with Gasteiger partial charge in [-0.1, -0.05) is 23.7 Å². The highest BCUT2D eigenvalue weighted by Crippen LogP contribution is 2.34. The number of hydrogen-bond donors (Lipinski definition) is 0. The van der Waals surface area contributed by atoms with E-state index in [1.54, 1.807) is 4.90 Å². The minimum absolute atomic E-state index is 0.113. The predicted molar refractivity (Wildman–Crippen MR) is 67.4 cm³/mol. The van der Waals surface area contributed by atoms with Crippen molar-refractivity contribution in [2.24, 2.45) is 5.92 Å². The van der Waals surface area contributed by atoms with E-state index in [2.05, 4.69) is 0 Å². The van der Waals surface area contributed by atoms with Crippen molar-refractivity contribution in [3.05, 3.63) is 28.8 Å². The van der Waals surface area contributed by atoms with Crippen molar-refractivity contribution in [1.29, 1.82) is 0 Å². The lowest BCUT2D eigenvalue weighted by atomic mass is 10.1. The molecule has 1 unspecified atom stereocenters. The summed E-state index contributed by atoms with van der Waals surface area (Å²) in [5, 5.41) is 0.628. The second kappa shape index (κ2) is 4.64. The largest absolute Gasteiger partial charge is 0.310 e. The number of rotatable bonds is 2. The van der Waals surface area contributed by atoms with E-state index in [0.717, 1.165) is 11.3 Å². The van der Waals surface area contributed by atoms with Gasteiger partial charge in [0.05, 0.1) is 10.7 Å². The van der Waals surface area contributed by atoms with Gasteiger partial charge in [0.1, 0.15) is 0 Å². The minimum atomic E-state index is 0.113. The summed E-state index contributed by atoms with van der Waals surface area (Å²) in [5.74, 6) is 0.873. The summed E-state index contributed by atoms with van der Waals surface area (Å²) in [6, 6.07) is 5.66. The first kappa shape index (κ1) is 11.7. The molecule has 0 N–H and O–H groups in total. The third-order valence-corrected chi connectivity index (χ3v) is 3.62. The zero-order chi connectivity index (χ0) is 11.7. The zero-order valence-corrected chi connectivity index (χ0v) is 10.6. The number of amides is 1. The number of para-hydroxylation sites is 1. The molecule has 1 fully saturated rings. The highest BCUT2D eigenvalue weighted by molar-refractivity contribution is 6.34. The van der Waals surface area contributed by atoms with Gasteiger partial charge in [-0.2, -0.15) is 0 Å². The lowest BCUT2D eigenvalue weighted by Crippen LogP contribution is -2.25. The molecule has 1 amide bonds. The Kier molecular flexibility index (Phi) is 3.41. The maximum Gasteiger partial charge on any atom is 0.227 e. The van der Waals surface area contributed by atoms with Crippen LogP contribution in [0.4, 0.5) is 5.69 Å². The summed E-state index contributed by atoms with van der Waals surface area (Å²) in [6.07, 6.45) is 0.522. The van der Waals surface area contributed by atoms with E-state index in [4.69, 9.17) is 23.2 Å². The fourth-order valence-corrected chi connectivity index (χ4v) is 2.60. The summed E-state index contributed by atoms with van der Waals surface area (Å²) in [7, 11) is 0. The van der Waals surface area contributed by atoms with Crippen LogP contribution in [-0.2, 0) is 4.79 Å². The van der Waals surface area contributed by atoms with E-state index in [9.17, 15) is 4.79 Å². The monoisotopic (exact) mass is 257 g/mol. The molecule has 2 nitrogen and oxygen atoms in total. The van der Waals surface area contributed by atoms with Crippen LogP contribution >= 0.6 is 23.2 Å². The average Bonchev–Trinajstić information content (AvgIpc) is 2.60. The fourth-order valence-electron chi connectivity index (χ4n) is 2.07. The molecule has 0 aromatic heterocycles. The molecule has 1 aromatic carbocycles. The van der Waals surface area contributed by atoms with E-state index in [1.807, 2.05) is 25.1 Å². The Morgan fingerprint density at radius 1 is 1.50 bits per heavy atom. The Morgan fingerprint density at radius 2 is 2.25 bits per heavy atom. The quantitative estimate of drug-likeness (QED) is 0.746. The molecule has 1 atom stereocenters. The molecular formula is C12H13Cl2NO. The van der Waals surface area contributed by atoms with Crippen molar-refractivity contribution >= 4 is 34.8 Å². The topological polar surface area (TPSA) is 20.3 Å². The molecule has 0 radical (unpaired) electrons. The molecule has 0 aliphatic carbocycles. The summed E-state index contributed by atoms with van der Waals surface area (Å²) in [4.78, 5) is 13.6. The van der Waals surface area contributed by atoms with Crippen molar-refractivity contribution in [1.82, 2.24) is 0 Å². The molecule has 1 aliphatic rings. The Labute approximate surface area is 105 Å². The third kappa shape index (κ3) is 2.04. The fraction of sp³-hybridized carbons (Fsp3) is 0.417. The van der Waals surface area contributed by atoms with Crippen molar-refractivity contribution in [3.63, 3.8) is 0 Å². The number of anilines is 1. The van der Waals surface area contributed by atoms with E-state index >= 15 is 0 Å². The van der Waals surface area contributed by atoms with Crippen LogP contribution in [0.1, 0.15) is 12.0 Å². The van der Waals surface area contributed by atoms with Crippen LogP contribution in [0.3, 0.4) is 0 Å².